The van der Waals surface area contributed by atoms with Gasteiger partial charge in [-0.1, -0.05) is 25.1 Å². The fourth-order valence-corrected chi connectivity index (χ4v) is 2.56. The maximum absolute atomic E-state index is 12.7. The number of benzene rings is 1. The van der Waals surface area contributed by atoms with Crippen molar-refractivity contribution in [1.82, 2.24) is 5.32 Å². The molecule has 0 aliphatic heterocycles. The molecule has 1 heterocycles. The van der Waals surface area contributed by atoms with Gasteiger partial charge < -0.3 is 15.1 Å². The van der Waals surface area contributed by atoms with Gasteiger partial charge in [-0.05, 0) is 36.6 Å². The summed E-state index contributed by atoms with van der Waals surface area (Å²) in [6.45, 7) is 3.97. The minimum absolute atomic E-state index is 0.202. The van der Waals surface area contributed by atoms with Crippen LogP contribution in [-0.2, 0) is 22.4 Å². The molecule has 0 fully saturated rings. The van der Waals surface area contributed by atoms with Gasteiger partial charge in [-0.15, -0.1) is 11.6 Å². The SMILES string of the molecule is CCc1cccc(C)c1NC(=O)C(Cc1ccco1)NC(=O)CCl. The summed E-state index contributed by atoms with van der Waals surface area (Å²) in [6, 6.07) is 8.61. The number of rotatable bonds is 7. The van der Waals surface area contributed by atoms with Crippen LogP contribution >= 0.6 is 11.6 Å². The predicted octanol–water partition coefficient (Wildman–Crippen LogP) is 3.06. The molecule has 0 radical (unpaired) electrons. The van der Waals surface area contributed by atoms with Crippen LogP contribution in [-0.4, -0.2) is 23.7 Å². The topological polar surface area (TPSA) is 71.3 Å². The van der Waals surface area contributed by atoms with Gasteiger partial charge >= 0.3 is 0 Å². The lowest BCUT2D eigenvalue weighted by Gasteiger charge is -2.19. The predicted molar refractivity (Wildman–Crippen MR) is 94.2 cm³/mol. The summed E-state index contributed by atoms with van der Waals surface area (Å²) in [5.74, 6) is -0.282. The molecule has 1 atom stereocenters. The molecule has 0 bridgehead atoms. The molecule has 2 rings (SSSR count). The number of alkyl halides is 1. The number of nitrogens with one attached hydrogen (secondary N) is 2. The highest BCUT2D eigenvalue weighted by atomic mass is 35.5. The Bertz CT molecular complexity index is 698. The van der Waals surface area contributed by atoms with E-state index in [0.29, 0.717) is 5.76 Å². The molecule has 1 aromatic heterocycles. The molecule has 128 valence electrons. The smallest absolute Gasteiger partial charge is 0.247 e. The van der Waals surface area contributed by atoms with Crippen LogP contribution in [0.1, 0.15) is 23.8 Å². The Morgan fingerprint density at radius 3 is 2.67 bits per heavy atom. The van der Waals surface area contributed by atoms with Gasteiger partial charge in [0.25, 0.3) is 0 Å². The summed E-state index contributed by atoms with van der Waals surface area (Å²) >= 11 is 5.55. The molecule has 24 heavy (non-hydrogen) atoms. The zero-order chi connectivity index (χ0) is 17.5. The molecule has 6 heteroatoms. The van der Waals surface area contributed by atoms with Crippen LogP contribution in [0.4, 0.5) is 5.69 Å². The van der Waals surface area contributed by atoms with Crippen molar-refractivity contribution in [2.24, 2.45) is 0 Å². The van der Waals surface area contributed by atoms with E-state index in [2.05, 4.69) is 10.6 Å². The lowest BCUT2D eigenvalue weighted by molar-refractivity contribution is -0.125. The van der Waals surface area contributed by atoms with Crippen LogP contribution in [0.2, 0.25) is 0 Å². The van der Waals surface area contributed by atoms with Gasteiger partial charge in [0.1, 0.15) is 17.7 Å². The molecule has 2 aromatic rings. The lowest BCUT2D eigenvalue weighted by Crippen LogP contribution is -2.45. The Hall–Kier alpha value is -2.27. The molecule has 1 unspecified atom stereocenters. The first-order valence-electron chi connectivity index (χ1n) is 7.82. The number of furan rings is 1. The standard InChI is InChI=1S/C18H21ClN2O3/c1-3-13-7-4-6-12(2)17(13)21-18(23)15(20-16(22)11-19)10-14-8-5-9-24-14/h4-9,15H,3,10-11H2,1-2H3,(H,20,22)(H,21,23). The Morgan fingerprint density at radius 1 is 1.25 bits per heavy atom. The average Bonchev–Trinajstić information content (AvgIpc) is 3.08. The van der Waals surface area contributed by atoms with Crippen molar-refractivity contribution in [3.8, 4) is 0 Å². The summed E-state index contributed by atoms with van der Waals surface area (Å²) in [5, 5.41) is 5.57. The number of carbonyl (C=O) groups is 2. The van der Waals surface area contributed by atoms with Crippen molar-refractivity contribution >= 4 is 29.1 Å². The van der Waals surface area contributed by atoms with Gasteiger partial charge in [0.05, 0.1) is 6.26 Å². The van der Waals surface area contributed by atoms with E-state index < -0.39 is 11.9 Å². The van der Waals surface area contributed by atoms with E-state index in [0.717, 1.165) is 23.2 Å². The molecular weight excluding hydrogens is 328 g/mol. The van der Waals surface area contributed by atoms with Gasteiger partial charge in [-0.25, -0.2) is 0 Å². The summed E-state index contributed by atoms with van der Waals surface area (Å²) in [4.78, 5) is 24.3. The second kappa shape index (κ2) is 8.55. The van der Waals surface area contributed by atoms with Gasteiger partial charge in [-0.3, -0.25) is 9.59 Å². The fourth-order valence-electron chi connectivity index (χ4n) is 2.48. The molecule has 0 spiro atoms. The van der Waals surface area contributed by atoms with E-state index >= 15 is 0 Å². The summed E-state index contributed by atoms with van der Waals surface area (Å²) in [5.41, 5.74) is 2.81. The minimum atomic E-state index is -0.758. The second-order valence-corrected chi connectivity index (χ2v) is 5.76. The normalized spacial score (nSPS) is 11.8. The summed E-state index contributed by atoms with van der Waals surface area (Å²) in [6.07, 6.45) is 2.59. The van der Waals surface area contributed by atoms with Gasteiger partial charge in [0, 0.05) is 12.1 Å². The molecule has 2 N–H and O–H groups in total. The second-order valence-electron chi connectivity index (χ2n) is 5.49. The van der Waals surface area contributed by atoms with Crippen LogP contribution in [0.25, 0.3) is 0 Å². The number of carbonyl (C=O) groups excluding carboxylic acids is 2. The Kier molecular flexibility index (Phi) is 6.44. The highest BCUT2D eigenvalue weighted by Crippen LogP contribution is 2.21. The van der Waals surface area contributed by atoms with Crippen LogP contribution in [0.3, 0.4) is 0 Å². The third kappa shape index (κ3) is 4.61. The highest BCUT2D eigenvalue weighted by molar-refractivity contribution is 6.27. The van der Waals surface area contributed by atoms with E-state index in [-0.39, 0.29) is 18.2 Å². The van der Waals surface area contributed by atoms with E-state index in [1.165, 1.54) is 6.26 Å². The molecule has 0 aliphatic rings. The quantitative estimate of drug-likeness (QED) is 0.755. The summed E-state index contributed by atoms with van der Waals surface area (Å²) < 4.78 is 5.28. The lowest BCUT2D eigenvalue weighted by atomic mass is 10.0. The van der Waals surface area contributed by atoms with Crippen molar-refractivity contribution in [2.45, 2.75) is 32.7 Å². The van der Waals surface area contributed by atoms with Gasteiger partial charge in [0.2, 0.25) is 11.8 Å². The number of halogens is 1. The van der Waals surface area contributed by atoms with E-state index in [1.807, 2.05) is 32.0 Å². The number of hydrogen-bond donors (Lipinski definition) is 2. The van der Waals surface area contributed by atoms with Crippen LogP contribution < -0.4 is 10.6 Å². The maximum atomic E-state index is 12.7. The van der Waals surface area contributed by atoms with Crippen LogP contribution in [0.15, 0.2) is 41.0 Å². The third-order valence-electron chi connectivity index (χ3n) is 3.75. The van der Waals surface area contributed by atoms with Crippen molar-refractivity contribution < 1.29 is 14.0 Å². The number of anilines is 1. The molecule has 2 amide bonds. The first-order chi connectivity index (χ1) is 11.5. The zero-order valence-corrected chi connectivity index (χ0v) is 14.5. The molecule has 5 nitrogen and oxygen atoms in total. The van der Waals surface area contributed by atoms with Crippen molar-refractivity contribution in [2.75, 3.05) is 11.2 Å². The van der Waals surface area contributed by atoms with E-state index in [1.54, 1.807) is 12.1 Å². The van der Waals surface area contributed by atoms with E-state index in [9.17, 15) is 9.59 Å². The fraction of sp³-hybridized carbons (Fsp3) is 0.333. The largest absolute Gasteiger partial charge is 0.469 e. The Labute approximate surface area is 146 Å². The Morgan fingerprint density at radius 2 is 2.04 bits per heavy atom. The van der Waals surface area contributed by atoms with Crippen molar-refractivity contribution in [3.05, 3.63) is 53.5 Å². The van der Waals surface area contributed by atoms with Crippen LogP contribution in [0.5, 0.6) is 0 Å². The van der Waals surface area contributed by atoms with Crippen LogP contribution in [0, 0.1) is 6.92 Å². The zero-order valence-electron chi connectivity index (χ0n) is 13.8. The molecule has 0 saturated carbocycles. The molecular formula is C18H21ClN2O3. The maximum Gasteiger partial charge on any atom is 0.247 e. The molecule has 0 aliphatic carbocycles. The number of hydrogen-bond acceptors (Lipinski definition) is 3. The molecule has 1 aromatic carbocycles. The van der Waals surface area contributed by atoms with Gasteiger partial charge in [-0.2, -0.15) is 0 Å². The van der Waals surface area contributed by atoms with E-state index in [4.69, 9.17) is 16.0 Å². The van der Waals surface area contributed by atoms with Crippen molar-refractivity contribution in [3.63, 3.8) is 0 Å². The third-order valence-corrected chi connectivity index (χ3v) is 3.99. The average molecular weight is 349 g/mol. The minimum Gasteiger partial charge on any atom is -0.469 e. The number of para-hydroxylation sites is 1. The highest BCUT2D eigenvalue weighted by Gasteiger charge is 2.23. The first-order valence-corrected chi connectivity index (χ1v) is 8.35. The number of aryl methyl sites for hydroxylation is 2. The first kappa shape index (κ1) is 18.1. The van der Waals surface area contributed by atoms with Gasteiger partial charge in [0.15, 0.2) is 0 Å². The monoisotopic (exact) mass is 348 g/mol. The molecule has 0 saturated heterocycles. The number of amides is 2. The summed E-state index contributed by atoms with van der Waals surface area (Å²) in [7, 11) is 0. The van der Waals surface area contributed by atoms with Crippen molar-refractivity contribution in [1.29, 1.82) is 0 Å². The Balaban J connectivity index is 2.19.